The highest BCUT2D eigenvalue weighted by Gasteiger charge is 2.28. The van der Waals surface area contributed by atoms with Crippen LogP contribution in [0.2, 0.25) is 0 Å². The first-order chi connectivity index (χ1) is 7.54. The van der Waals surface area contributed by atoms with Gasteiger partial charge in [-0.25, -0.2) is 8.42 Å². The molecule has 0 fully saturated rings. The zero-order valence-corrected chi connectivity index (χ0v) is 9.98. The molecule has 0 bridgehead atoms. The molecule has 0 N–H and O–H groups in total. The van der Waals surface area contributed by atoms with Crippen molar-refractivity contribution >= 4 is 15.7 Å². The fourth-order valence-electron chi connectivity index (χ4n) is 1.26. The summed E-state index contributed by atoms with van der Waals surface area (Å²) in [5.41, 5.74) is 0.503. The van der Waals surface area contributed by atoms with Gasteiger partial charge in [-0.05, 0) is 18.6 Å². The van der Waals surface area contributed by atoms with Gasteiger partial charge in [0.05, 0.1) is 11.8 Å². The van der Waals surface area contributed by atoms with E-state index in [1.807, 2.05) is 0 Å². The maximum atomic E-state index is 12.0. The summed E-state index contributed by atoms with van der Waals surface area (Å²) in [6.45, 7) is 1.67. The molecule has 1 atom stereocenters. The second-order valence-electron chi connectivity index (χ2n) is 3.24. The first-order valence-corrected chi connectivity index (χ1v) is 6.31. The molecule has 0 spiro atoms. The van der Waals surface area contributed by atoms with Gasteiger partial charge in [-0.15, -0.1) is 0 Å². The average Bonchev–Trinajstić information content (AvgIpc) is 2.30. The first kappa shape index (κ1) is 12.5. The molecule has 1 heterocycles. The van der Waals surface area contributed by atoms with Crippen LogP contribution in [0, 0.1) is 11.3 Å². The monoisotopic (exact) mass is 239 g/mol. The predicted octanol–water partition coefficient (Wildman–Crippen LogP) is 1.15. The molecule has 1 unspecified atom stereocenters. The van der Waals surface area contributed by atoms with Crippen molar-refractivity contribution in [3.63, 3.8) is 0 Å². The molecular weight excluding hydrogens is 226 g/mol. The zero-order chi connectivity index (χ0) is 12.2. The summed E-state index contributed by atoms with van der Waals surface area (Å²) in [5.74, 6) is 0. The van der Waals surface area contributed by atoms with E-state index in [4.69, 9.17) is 5.26 Å². The van der Waals surface area contributed by atoms with Crippen molar-refractivity contribution in [3.8, 4) is 6.07 Å². The van der Waals surface area contributed by atoms with Crippen LogP contribution in [0.5, 0.6) is 0 Å². The third-order valence-electron chi connectivity index (χ3n) is 2.28. The third kappa shape index (κ3) is 2.31. The first-order valence-electron chi connectivity index (χ1n) is 4.81. The van der Waals surface area contributed by atoms with E-state index < -0.39 is 15.3 Å². The van der Waals surface area contributed by atoms with Crippen LogP contribution in [0.1, 0.15) is 13.3 Å². The minimum absolute atomic E-state index is 0.272. The van der Waals surface area contributed by atoms with E-state index in [0.29, 0.717) is 5.69 Å². The lowest BCUT2D eigenvalue weighted by Crippen LogP contribution is -2.35. The van der Waals surface area contributed by atoms with Gasteiger partial charge in [0.2, 0.25) is 0 Å². The van der Waals surface area contributed by atoms with Crippen molar-refractivity contribution in [1.29, 1.82) is 5.26 Å². The molecule has 0 amide bonds. The lowest BCUT2D eigenvalue weighted by Gasteiger charge is -2.21. The second-order valence-corrected chi connectivity index (χ2v) is 5.39. The van der Waals surface area contributed by atoms with E-state index in [2.05, 4.69) is 4.98 Å². The molecule has 1 aromatic heterocycles. The van der Waals surface area contributed by atoms with Gasteiger partial charge in [0.1, 0.15) is 0 Å². The number of aromatic nitrogens is 1. The number of sulfonamides is 1. The quantitative estimate of drug-likeness (QED) is 0.790. The molecular formula is C10H13N3O2S. The van der Waals surface area contributed by atoms with Crippen molar-refractivity contribution in [2.24, 2.45) is 0 Å². The number of rotatable bonds is 4. The van der Waals surface area contributed by atoms with E-state index in [-0.39, 0.29) is 6.42 Å². The number of hydrogen-bond acceptors (Lipinski definition) is 4. The van der Waals surface area contributed by atoms with Crippen molar-refractivity contribution in [3.05, 3.63) is 24.5 Å². The summed E-state index contributed by atoms with van der Waals surface area (Å²) < 4.78 is 25.1. The van der Waals surface area contributed by atoms with E-state index in [1.54, 1.807) is 25.1 Å². The lowest BCUT2D eigenvalue weighted by molar-refractivity contribution is 0.585. The van der Waals surface area contributed by atoms with Gasteiger partial charge < -0.3 is 0 Å². The SMILES string of the molecule is CCC(C#N)S(=O)(=O)N(C)c1ccncc1. The molecule has 0 saturated carbocycles. The van der Waals surface area contributed by atoms with Gasteiger partial charge in [0, 0.05) is 19.4 Å². The Hall–Kier alpha value is -1.61. The Kier molecular flexibility index (Phi) is 3.85. The molecule has 16 heavy (non-hydrogen) atoms. The average molecular weight is 239 g/mol. The second kappa shape index (κ2) is 4.94. The van der Waals surface area contributed by atoms with Gasteiger partial charge in [-0.2, -0.15) is 5.26 Å². The van der Waals surface area contributed by atoms with Gasteiger partial charge in [-0.3, -0.25) is 9.29 Å². The van der Waals surface area contributed by atoms with Crippen molar-refractivity contribution < 1.29 is 8.42 Å². The zero-order valence-electron chi connectivity index (χ0n) is 9.16. The molecule has 0 aliphatic rings. The smallest absolute Gasteiger partial charge is 0.251 e. The Labute approximate surface area is 95.4 Å². The van der Waals surface area contributed by atoms with Crippen LogP contribution in [-0.2, 0) is 10.0 Å². The molecule has 1 rings (SSSR count). The summed E-state index contributed by atoms with van der Waals surface area (Å²) >= 11 is 0. The van der Waals surface area contributed by atoms with Crippen LogP contribution in [0.25, 0.3) is 0 Å². The minimum Gasteiger partial charge on any atom is -0.272 e. The molecule has 0 aliphatic carbocycles. The van der Waals surface area contributed by atoms with Gasteiger partial charge in [0.25, 0.3) is 10.0 Å². The highest BCUT2D eigenvalue weighted by Crippen LogP contribution is 2.18. The highest BCUT2D eigenvalue weighted by atomic mass is 32.2. The maximum absolute atomic E-state index is 12.0. The standard InChI is InChI=1S/C10H13N3O2S/c1-3-10(8-11)16(14,15)13(2)9-4-6-12-7-5-9/h4-7,10H,3H2,1-2H3. The molecule has 86 valence electrons. The number of nitrogens with zero attached hydrogens (tertiary/aromatic N) is 3. The van der Waals surface area contributed by atoms with E-state index in [1.165, 1.54) is 19.4 Å². The molecule has 1 aromatic rings. The Balaban J connectivity index is 3.07. The van der Waals surface area contributed by atoms with E-state index in [9.17, 15) is 8.42 Å². The van der Waals surface area contributed by atoms with E-state index in [0.717, 1.165) is 4.31 Å². The Morgan fingerprint density at radius 1 is 1.50 bits per heavy atom. The number of hydrogen-bond donors (Lipinski definition) is 0. The van der Waals surface area contributed by atoms with Crippen LogP contribution in [0.15, 0.2) is 24.5 Å². The van der Waals surface area contributed by atoms with Crippen LogP contribution in [0.4, 0.5) is 5.69 Å². The number of pyridine rings is 1. The van der Waals surface area contributed by atoms with Crippen molar-refractivity contribution in [2.75, 3.05) is 11.4 Å². The molecule has 0 radical (unpaired) electrons. The van der Waals surface area contributed by atoms with Crippen LogP contribution < -0.4 is 4.31 Å². The third-order valence-corrected chi connectivity index (χ3v) is 4.41. The van der Waals surface area contributed by atoms with Crippen LogP contribution >= 0.6 is 0 Å². The molecule has 0 aliphatic heterocycles. The van der Waals surface area contributed by atoms with Crippen molar-refractivity contribution in [1.82, 2.24) is 4.98 Å². The Morgan fingerprint density at radius 3 is 2.50 bits per heavy atom. The molecule has 6 heteroatoms. The minimum atomic E-state index is -3.61. The summed E-state index contributed by atoms with van der Waals surface area (Å²) in [5, 5.41) is 7.78. The largest absolute Gasteiger partial charge is 0.272 e. The van der Waals surface area contributed by atoms with Gasteiger partial charge in [0.15, 0.2) is 5.25 Å². The van der Waals surface area contributed by atoms with Gasteiger partial charge >= 0.3 is 0 Å². The normalized spacial score (nSPS) is 12.8. The van der Waals surface area contributed by atoms with Crippen LogP contribution in [-0.4, -0.2) is 25.7 Å². The van der Waals surface area contributed by atoms with Gasteiger partial charge in [-0.1, -0.05) is 6.92 Å². The molecule has 0 aromatic carbocycles. The Bertz CT molecular complexity index is 479. The topological polar surface area (TPSA) is 74.1 Å². The van der Waals surface area contributed by atoms with Crippen LogP contribution in [0.3, 0.4) is 0 Å². The number of anilines is 1. The van der Waals surface area contributed by atoms with Crippen molar-refractivity contribution in [2.45, 2.75) is 18.6 Å². The fourth-order valence-corrected chi connectivity index (χ4v) is 2.61. The summed E-state index contributed by atoms with van der Waals surface area (Å²) in [7, 11) is -2.17. The number of nitriles is 1. The Morgan fingerprint density at radius 2 is 2.06 bits per heavy atom. The molecule has 5 nitrogen and oxygen atoms in total. The maximum Gasteiger partial charge on any atom is 0.251 e. The predicted molar refractivity (Wildman–Crippen MR) is 61.3 cm³/mol. The lowest BCUT2D eigenvalue weighted by atomic mass is 10.4. The summed E-state index contributed by atoms with van der Waals surface area (Å²) in [4.78, 5) is 3.81. The fraction of sp³-hybridized carbons (Fsp3) is 0.400. The highest BCUT2D eigenvalue weighted by molar-refractivity contribution is 7.93. The summed E-state index contributed by atoms with van der Waals surface area (Å²) in [6.07, 6.45) is 3.29. The molecule has 0 saturated heterocycles. The van der Waals surface area contributed by atoms with E-state index >= 15 is 0 Å². The summed E-state index contributed by atoms with van der Waals surface area (Å²) in [6, 6.07) is 4.97.